The Bertz CT molecular complexity index is 1030. The molecule has 4 heteroatoms. The molecule has 0 fully saturated rings. The van der Waals surface area contributed by atoms with Crippen LogP contribution in [0.5, 0.6) is 5.75 Å². The number of nitrogens with zero attached hydrogens (tertiary/aromatic N) is 2. The van der Waals surface area contributed by atoms with E-state index < -0.39 is 0 Å². The predicted molar refractivity (Wildman–Crippen MR) is 100 cm³/mol. The van der Waals surface area contributed by atoms with Gasteiger partial charge in [-0.3, -0.25) is 9.20 Å². The van der Waals surface area contributed by atoms with Gasteiger partial charge in [0.2, 0.25) is 0 Å². The smallest absolute Gasteiger partial charge is 0.261 e. The second-order valence-corrected chi connectivity index (χ2v) is 6.48. The highest BCUT2D eigenvalue weighted by atomic mass is 16.5. The molecule has 4 nitrogen and oxygen atoms in total. The minimum atomic E-state index is 0.0593. The number of allylic oxidation sites excluding steroid dienone is 1. The van der Waals surface area contributed by atoms with Gasteiger partial charge < -0.3 is 4.74 Å². The lowest BCUT2D eigenvalue weighted by Crippen LogP contribution is -2.24. The van der Waals surface area contributed by atoms with Crippen LogP contribution in [0.25, 0.3) is 17.3 Å². The van der Waals surface area contributed by atoms with Gasteiger partial charge in [0.15, 0.2) is 0 Å². The van der Waals surface area contributed by atoms with E-state index in [0.717, 1.165) is 53.0 Å². The van der Waals surface area contributed by atoms with Gasteiger partial charge in [0.25, 0.3) is 5.56 Å². The van der Waals surface area contributed by atoms with E-state index in [1.807, 2.05) is 49.5 Å². The maximum Gasteiger partial charge on any atom is 0.261 e. The molecule has 25 heavy (non-hydrogen) atoms. The molecule has 0 unspecified atom stereocenters. The summed E-state index contributed by atoms with van der Waals surface area (Å²) < 4.78 is 6.88. The molecule has 0 spiro atoms. The van der Waals surface area contributed by atoms with E-state index in [1.54, 1.807) is 11.5 Å². The van der Waals surface area contributed by atoms with Gasteiger partial charge in [-0.1, -0.05) is 18.2 Å². The van der Waals surface area contributed by atoms with Gasteiger partial charge in [0.05, 0.1) is 12.8 Å². The summed E-state index contributed by atoms with van der Waals surface area (Å²) in [6, 6.07) is 11.8. The first-order valence-electron chi connectivity index (χ1n) is 8.52. The van der Waals surface area contributed by atoms with Gasteiger partial charge in [-0.05, 0) is 67.2 Å². The van der Waals surface area contributed by atoms with Crippen molar-refractivity contribution in [3.63, 3.8) is 0 Å². The number of hydrogen-bond donors (Lipinski definition) is 0. The molecule has 0 saturated heterocycles. The highest BCUT2D eigenvalue weighted by molar-refractivity contribution is 5.82. The van der Waals surface area contributed by atoms with Crippen LogP contribution in [0.3, 0.4) is 0 Å². The fraction of sp³-hybridized carbons (Fsp3) is 0.238. The monoisotopic (exact) mass is 332 g/mol. The Kier molecular flexibility index (Phi) is 3.88. The first-order chi connectivity index (χ1) is 12.2. The zero-order chi connectivity index (χ0) is 17.4. The minimum absolute atomic E-state index is 0.0593. The Morgan fingerprint density at radius 3 is 2.68 bits per heavy atom. The Balaban J connectivity index is 1.86. The van der Waals surface area contributed by atoms with Crippen LogP contribution < -0.4 is 10.3 Å². The molecule has 126 valence electrons. The first kappa shape index (κ1) is 15.6. The van der Waals surface area contributed by atoms with Crippen molar-refractivity contribution in [2.24, 2.45) is 0 Å². The molecule has 3 aromatic rings. The molecule has 4 rings (SSSR count). The number of methoxy groups -OCH3 is 1. The van der Waals surface area contributed by atoms with Crippen molar-refractivity contribution in [1.29, 1.82) is 0 Å². The Morgan fingerprint density at radius 2 is 1.92 bits per heavy atom. The number of aromatic nitrogens is 2. The number of aryl methyl sites for hydroxylation is 1. The summed E-state index contributed by atoms with van der Waals surface area (Å²) in [4.78, 5) is 17.7. The Hall–Kier alpha value is -2.88. The molecule has 1 aliphatic carbocycles. The van der Waals surface area contributed by atoms with Gasteiger partial charge >= 0.3 is 0 Å². The molecule has 0 N–H and O–H groups in total. The number of fused-ring (bicyclic) bond motifs is 2. The number of rotatable bonds is 2. The van der Waals surface area contributed by atoms with Crippen LogP contribution in [0, 0.1) is 6.92 Å². The molecular weight excluding hydrogens is 312 g/mol. The first-order valence-corrected chi connectivity index (χ1v) is 8.52. The molecule has 0 amide bonds. The maximum absolute atomic E-state index is 12.9. The van der Waals surface area contributed by atoms with Crippen LogP contribution in [0.1, 0.15) is 35.2 Å². The predicted octanol–water partition coefficient (Wildman–Crippen LogP) is 3.89. The topological polar surface area (TPSA) is 43.6 Å². The summed E-state index contributed by atoms with van der Waals surface area (Å²) in [5.41, 5.74) is 5.73. The van der Waals surface area contributed by atoms with Crippen LogP contribution in [-0.2, 0) is 6.42 Å². The quantitative estimate of drug-likeness (QED) is 0.715. The number of hydrogen-bond acceptors (Lipinski definition) is 3. The van der Waals surface area contributed by atoms with E-state index in [1.165, 1.54) is 0 Å². The molecular formula is C21H20N2O2. The molecule has 2 aromatic heterocycles. The second-order valence-electron chi connectivity index (χ2n) is 6.48. The fourth-order valence-corrected chi connectivity index (χ4v) is 3.39. The van der Waals surface area contributed by atoms with E-state index in [4.69, 9.17) is 9.72 Å². The van der Waals surface area contributed by atoms with Crippen molar-refractivity contribution in [3.8, 4) is 5.75 Å². The van der Waals surface area contributed by atoms with E-state index in [2.05, 4.69) is 6.08 Å². The number of benzene rings is 1. The molecule has 1 aliphatic rings. The molecule has 0 aliphatic heterocycles. The molecule has 0 radical (unpaired) electrons. The van der Waals surface area contributed by atoms with E-state index in [9.17, 15) is 4.79 Å². The van der Waals surface area contributed by atoms with Crippen molar-refractivity contribution < 1.29 is 4.74 Å². The number of ether oxygens (including phenoxy) is 1. The Morgan fingerprint density at radius 1 is 1.12 bits per heavy atom. The summed E-state index contributed by atoms with van der Waals surface area (Å²) in [6.07, 6.45) is 6.70. The summed E-state index contributed by atoms with van der Waals surface area (Å²) in [5.74, 6) is 0.837. The van der Waals surface area contributed by atoms with Crippen molar-refractivity contribution in [3.05, 3.63) is 75.3 Å². The summed E-state index contributed by atoms with van der Waals surface area (Å²) in [5, 5.41) is 0. The third-order valence-corrected chi connectivity index (χ3v) is 4.70. The zero-order valence-electron chi connectivity index (χ0n) is 14.5. The average molecular weight is 332 g/mol. The van der Waals surface area contributed by atoms with Gasteiger partial charge in [0, 0.05) is 11.8 Å². The van der Waals surface area contributed by atoms with Crippen LogP contribution in [0.4, 0.5) is 0 Å². The Labute approximate surface area is 146 Å². The molecule has 0 atom stereocenters. The maximum atomic E-state index is 12.9. The summed E-state index contributed by atoms with van der Waals surface area (Å²) >= 11 is 0. The standard InChI is InChI=1S/C21H20N2O2/c1-14-6-11-19-22-20-16(12-15-7-9-17(25-2)10-8-15)4-3-5-18(20)21(24)23(19)13-14/h6-13H,3-5H2,1-2H3. The van der Waals surface area contributed by atoms with Gasteiger partial charge in [-0.15, -0.1) is 0 Å². The second kappa shape index (κ2) is 6.20. The molecule has 0 saturated carbocycles. The van der Waals surface area contributed by atoms with E-state index >= 15 is 0 Å². The summed E-state index contributed by atoms with van der Waals surface area (Å²) in [6.45, 7) is 1.99. The van der Waals surface area contributed by atoms with Crippen LogP contribution in [0.2, 0.25) is 0 Å². The van der Waals surface area contributed by atoms with Crippen LogP contribution in [-0.4, -0.2) is 16.5 Å². The molecule has 1 aromatic carbocycles. The largest absolute Gasteiger partial charge is 0.497 e. The summed E-state index contributed by atoms with van der Waals surface area (Å²) in [7, 11) is 1.66. The van der Waals surface area contributed by atoms with Crippen molar-refractivity contribution in [2.45, 2.75) is 26.2 Å². The minimum Gasteiger partial charge on any atom is -0.497 e. The third-order valence-electron chi connectivity index (χ3n) is 4.70. The lowest BCUT2D eigenvalue weighted by atomic mass is 9.91. The van der Waals surface area contributed by atoms with Gasteiger partial charge in [-0.2, -0.15) is 0 Å². The lowest BCUT2D eigenvalue weighted by molar-refractivity contribution is 0.415. The highest BCUT2D eigenvalue weighted by Gasteiger charge is 2.20. The lowest BCUT2D eigenvalue weighted by Gasteiger charge is -2.18. The van der Waals surface area contributed by atoms with Gasteiger partial charge in [-0.25, -0.2) is 4.98 Å². The van der Waals surface area contributed by atoms with Crippen molar-refractivity contribution in [1.82, 2.24) is 9.38 Å². The van der Waals surface area contributed by atoms with E-state index in [-0.39, 0.29) is 5.56 Å². The fourth-order valence-electron chi connectivity index (χ4n) is 3.39. The van der Waals surface area contributed by atoms with Crippen molar-refractivity contribution in [2.75, 3.05) is 7.11 Å². The van der Waals surface area contributed by atoms with E-state index in [0.29, 0.717) is 5.65 Å². The number of pyridine rings is 1. The highest BCUT2D eigenvalue weighted by Crippen LogP contribution is 2.30. The van der Waals surface area contributed by atoms with Crippen LogP contribution >= 0.6 is 0 Å². The average Bonchev–Trinajstić information content (AvgIpc) is 2.64. The molecule has 0 bridgehead atoms. The van der Waals surface area contributed by atoms with Crippen molar-refractivity contribution >= 4 is 17.3 Å². The molecule has 2 heterocycles. The van der Waals surface area contributed by atoms with Crippen LogP contribution in [0.15, 0.2) is 47.4 Å². The normalized spacial score (nSPS) is 15.4. The van der Waals surface area contributed by atoms with Gasteiger partial charge in [0.1, 0.15) is 11.4 Å². The zero-order valence-corrected chi connectivity index (χ0v) is 14.5. The SMILES string of the molecule is COc1ccc(C=C2CCCc3c2nc2ccc(C)cn2c3=O)cc1. The third kappa shape index (κ3) is 2.84.